The van der Waals surface area contributed by atoms with Crippen molar-refractivity contribution in [3.8, 4) is 16.5 Å². The number of thiazole rings is 1. The summed E-state index contributed by atoms with van der Waals surface area (Å²) in [6.07, 6.45) is 4.81. The molecule has 24 heavy (non-hydrogen) atoms. The number of benzene rings is 1. The van der Waals surface area contributed by atoms with Gasteiger partial charge in [0.15, 0.2) is 0 Å². The highest BCUT2D eigenvalue weighted by Gasteiger charge is 2.26. The minimum Gasteiger partial charge on any atom is -0.490 e. The van der Waals surface area contributed by atoms with Crippen LogP contribution in [0.1, 0.15) is 10.5 Å². The fraction of sp³-hybridized carbons (Fsp3) is 0.125. The van der Waals surface area contributed by atoms with Crippen LogP contribution in [0.5, 0.6) is 5.75 Å². The largest absolute Gasteiger partial charge is 0.490 e. The molecule has 6 nitrogen and oxygen atoms in total. The van der Waals surface area contributed by atoms with Gasteiger partial charge in [-0.25, -0.2) is 4.98 Å². The molecule has 8 heteroatoms. The Labute approximate surface area is 146 Å². The van der Waals surface area contributed by atoms with Gasteiger partial charge < -0.3 is 9.64 Å². The highest BCUT2D eigenvalue weighted by molar-refractivity contribution is 7.13. The molecule has 4 rings (SSSR count). The van der Waals surface area contributed by atoms with Gasteiger partial charge in [-0.3, -0.25) is 14.8 Å². The third-order valence-electron chi connectivity index (χ3n) is 3.53. The van der Waals surface area contributed by atoms with Crippen LogP contribution in [-0.4, -0.2) is 34.0 Å². The van der Waals surface area contributed by atoms with Crippen molar-refractivity contribution in [2.45, 2.75) is 0 Å². The number of rotatable bonds is 2. The molecule has 0 radical (unpaired) electrons. The van der Waals surface area contributed by atoms with E-state index in [1.807, 2.05) is 0 Å². The molecule has 0 atom stereocenters. The molecule has 3 aromatic rings. The zero-order valence-electron chi connectivity index (χ0n) is 12.3. The van der Waals surface area contributed by atoms with Crippen molar-refractivity contribution in [3.05, 3.63) is 52.9 Å². The molecule has 2 aromatic heterocycles. The van der Waals surface area contributed by atoms with Gasteiger partial charge in [0.1, 0.15) is 28.8 Å². The van der Waals surface area contributed by atoms with E-state index in [0.29, 0.717) is 46.0 Å². The van der Waals surface area contributed by atoms with Crippen molar-refractivity contribution in [1.29, 1.82) is 0 Å². The van der Waals surface area contributed by atoms with E-state index in [4.69, 9.17) is 16.3 Å². The van der Waals surface area contributed by atoms with E-state index in [1.165, 1.54) is 11.3 Å². The Hall–Kier alpha value is -2.51. The summed E-state index contributed by atoms with van der Waals surface area (Å²) in [5.74, 6) is 0.455. The lowest BCUT2D eigenvalue weighted by atomic mass is 10.2. The minimum absolute atomic E-state index is 0.187. The maximum absolute atomic E-state index is 12.9. The van der Waals surface area contributed by atoms with Gasteiger partial charge in [-0.1, -0.05) is 11.6 Å². The molecule has 3 heterocycles. The Morgan fingerprint density at radius 1 is 1.33 bits per heavy atom. The minimum atomic E-state index is -0.187. The van der Waals surface area contributed by atoms with Crippen molar-refractivity contribution in [2.24, 2.45) is 0 Å². The van der Waals surface area contributed by atoms with E-state index in [2.05, 4.69) is 15.0 Å². The quantitative estimate of drug-likeness (QED) is 0.703. The van der Waals surface area contributed by atoms with Crippen molar-refractivity contribution in [3.63, 3.8) is 0 Å². The summed E-state index contributed by atoms with van der Waals surface area (Å²) in [6.45, 7) is 0.881. The molecule has 1 amide bonds. The number of ether oxygens (including phenoxy) is 1. The van der Waals surface area contributed by atoms with Crippen LogP contribution in [-0.2, 0) is 0 Å². The van der Waals surface area contributed by atoms with Crippen molar-refractivity contribution >= 4 is 34.5 Å². The Bertz CT molecular complexity index is 900. The number of carbonyl (C=O) groups is 1. The summed E-state index contributed by atoms with van der Waals surface area (Å²) in [4.78, 5) is 27.1. The lowest BCUT2D eigenvalue weighted by molar-refractivity contribution is 0.0972. The molecule has 0 unspecified atom stereocenters. The van der Waals surface area contributed by atoms with Crippen LogP contribution < -0.4 is 9.64 Å². The normalized spacial score (nSPS) is 13.3. The van der Waals surface area contributed by atoms with Gasteiger partial charge in [0.2, 0.25) is 0 Å². The van der Waals surface area contributed by atoms with E-state index in [-0.39, 0.29) is 5.91 Å². The second-order valence-corrected chi connectivity index (χ2v) is 6.34. The Kier molecular flexibility index (Phi) is 3.87. The number of hydrogen-bond donors (Lipinski definition) is 0. The number of fused-ring (bicyclic) bond motifs is 1. The molecule has 1 aliphatic rings. The zero-order chi connectivity index (χ0) is 16.5. The van der Waals surface area contributed by atoms with Crippen molar-refractivity contribution < 1.29 is 9.53 Å². The third kappa shape index (κ3) is 2.72. The van der Waals surface area contributed by atoms with Crippen LogP contribution in [0.25, 0.3) is 10.7 Å². The van der Waals surface area contributed by atoms with Crippen LogP contribution in [0.2, 0.25) is 5.02 Å². The topological polar surface area (TPSA) is 68.2 Å². The SMILES string of the molecule is O=C(c1csc(-c2cnccn2)n1)N1CCOc2ccc(Cl)cc21. The molecular weight excluding hydrogens is 348 g/mol. The van der Waals surface area contributed by atoms with Crippen molar-refractivity contribution in [1.82, 2.24) is 15.0 Å². The average molecular weight is 359 g/mol. The number of halogens is 1. The average Bonchev–Trinajstić information content (AvgIpc) is 3.11. The molecule has 0 saturated heterocycles. The highest BCUT2D eigenvalue weighted by Crippen LogP contribution is 2.35. The molecular formula is C16H11ClN4O2S. The van der Waals surface area contributed by atoms with Gasteiger partial charge in [0, 0.05) is 22.8 Å². The fourth-order valence-corrected chi connectivity index (χ4v) is 3.36. The molecule has 1 aliphatic heterocycles. The van der Waals surface area contributed by atoms with Crippen LogP contribution in [0, 0.1) is 0 Å². The Morgan fingerprint density at radius 3 is 3.08 bits per heavy atom. The van der Waals surface area contributed by atoms with Gasteiger partial charge in [0.05, 0.1) is 18.4 Å². The number of nitrogens with zero attached hydrogens (tertiary/aromatic N) is 4. The predicted molar refractivity (Wildman–Crippen MR) is 91.8 cm³/mol. The molecule has 0 fully saturated rings. The summed E-state index contributed by atoms with van der Waals surface area (Å²) in [7, 11) is 0. The van der Waals surface area contributed by atoms with Crippen LogP contribution in [0.15, 0.2) is 42.2 Å². The first kappa shape index (κ1) is 15.0. The summed E-state index contributed by atoms with van der Waals surface area (Å²) in [5, 5.41) is 2.94. The molecule has 120 valence electrons. The van der Waals surface area contributed by atoms with E-state index >= 15 is 0 Å². The van der Waals surface area contributed by atoms with Crippen LogP contribution in [0.4, 0.5) is 5.69 Å². The van der Waals surface area contributed by atoms with E-state index in [0.717, 1.165) is 0 Å². The number of amides is 1. The zero-order valence-corrected chi connectivity index (χ0v) is 13.9. The number of aromatic nitrogens is 3. The first-order valence-corrected chi connectivity index (χ1v) is 8.44. The van der Waals surface area contributed by atoms with E-state index in [1.54, 1.807) is 47.1 Å². The molecule has 0 aliphatic carbocycles. The van der Waals surface area contributed by atoms with Crippen LogP contribution >= 0.6 is 22.9 Å². The molecule has 1 aromatic carbocycles. The smallest absolute Gasteiger partial charge is 0.277 e. The van der Waals surface area contributed by atoms with Crippen LogP contribution in [0.3, 0.4) is 0 Å². The van der Waals surface area contributed by atoms with Crippen molar-refractivity contribution in [2.75, 3.05) is 18.1 Å². The standard InChI is InChI=1S/C16H11ClN4O2S/c17-10-1-2-14-13(7-10)21(5-6-23-14)16(22)12-9-24-15(20-12)11-8-18-3-4-19-11/h1-4,7-9H,5-6H2. The maximum atomic E-state index is 12.9. The number of hydrogen-bond acceptors (Lipinski definition) is 6. The predicted octanol–water partition coefficient (Wildman–Crippen LogP) is 3.29. The van der Waals surface area contributed by atoms with Gasteiger partial charge in [-0.2, -0.15) is 0 Å². The molecule has 0 N–H and O–H groups in total. The van der Waals surface area contributed by atoms with Gasteiger partial charge in [0.25, 0.3) is 5.91 Å². The second kappa shape index (κ2) is 6.18. The fourth-order valence-electron chi connectivity index (χ4n) is 2.44. The van der Waals surface area contributed by atoms with Gasteiger partial charge >= 0.3 is 0 Å². The highest BCUT2D eigenvalue weighted by atomic mass is 35.5. The Morgan fingerprint density at radius 2 is 2.25 bits per heavy atom. The summed E-state index contributed by atoms with van der Waals surface area (Å²) in [5.41, 5.74) is 1.67. The lowest BCUT2D eigenvalue weighted by Crippen LogP contribution is -2.38. The first-order chi connectivity index (χ1) is 11.7. The first-order valence-electron chi connectivity index (χ1n) is 7.18. The lowest BCUT2D eigenvalue weighted by Gasteiger charge is -2.29. The third-order valence-corrected chi connectivity index (χ3v) is 4.63. The van der Waals surface area contributed by atoms with Gasteiger partial charge in [-0.05, 0) is 18.2 Å². The number of carbonyl (C=O) groups excluding carboxylic acids is 1. The molecule has 0 saturated carbocycles. The maximum Gasteiger partial charge on any atom is 0.277 e. The van der Waals surface area contributed by atoms with E-state index in [9.17, 15) is 4.79 Å². The second-order valence-electron chi connectivity index (χ2n) is 5.05. The Balaban J connectivity index is 1.66. The molecule has 0 bridgehead atoms. The summed E-state index contributed by atoms with van der Waals surface area (Å²) in [6, 6.07) is 5.23. The summed E-state index contributed by atoms with van der Waals surface area (Å²) >= 11 is 7.42. The molecule has 0 spiro atoms. The number of anilines is 1. The monoisotopic (exact) mass is 358 g/mol. The van der Waals surface area contributed by atoms with Gasteiger partial charge in [-0.15, -0.1) is 11.3 Å². The van der Waals surface area contributed by atoms with E-state index < -0.39 is 0 Å². The summed E-state index contributed by atoms with van der Waals surface area (Å²) < 4.78 is 5.58.